The molecule has 3 nitrogen and oxygen atoms in total. The lowest BCUT2D eigenvalue weighted by molar-refractivity contribution is -0.176. The van der Waals surface area contributed by atoms with Crippen molar-refractivity contribution in [1.29, 1.82) is 0 Å². The molecule has 3 heteroatoms. The zero-order chi connectivity index (χ0) is 12.6. The smallest absolute Gasteiger partial charge is 0.340 e. The Balaban J connectivity index is 1.95. The van der Waals surface area contributed by atoms with Gasteiger partial charge in [0.05, 0.1) is 6.10 Å². The minimum Gasteiger partial charge on any atom is -0.479 e. The molecule has 18 heavy (non-hydrogen) atoms. The van der Waals surface area contributed by atoms with E-state index in [0.717, 1.165) is 43.2 Å². The quantitative estimate of drug-likeness (QED) is 0.892. The van der Waals surface area contributed by atoms with Crippen molar-refractivity contribution >= 4 is 5.97 Å². The Morgan fingerprint density at radius 3 is 2.72 bits per heavy atom. The number of hydrogen-bond donors (Lipinski definition) is 1. The molecule has 1 unspecified atom stereocenters. The van der Waals surface area contributed by atoms with Gasteiger partial charge in [0.15, 0.2) is 5.60 Å². The molecule has 96 valence electrons. The third kappa shape index (κ3) is 1.74. The van der Waals surface area contributed by atoms with Gasteiger partial charge in [-0.1, -0.05) is 37.1 Å². The molecule has 1 atom stereocenters. The number of rotatable bonds is 3. The Labute approximate surface area is 107 Å². The van der Waals surface area contributed by atoms with E-state index in [1.807, 2.05) is 24.3 Å². The molecule has 1 fully saturated rings. The molecule has 0 bridgehead atoms. The van der Waals surface area contributed by atoms with Crippen molar-refractivity contribution in [1.82, 2.24) is 0 Å². The molecule has 1 aromatic carbocycles. The van der Waals surface area contributed by atoms with Crippen LogP contribution >= 0.6 is 0 Å². The van der Waals surface area contributed by atoms with Crippen molar-refractivity contribution in [3.05, 3.63) is 35.4 Å². The normalized spacial score (nSPS) is 27.3. The molecule has 0 heterocycles. The van der Waals surface area contributed by atoms with Crippen molar-refractivity contribution in [2.24, 2.45) is 0 Å². The van der Waals surface area contributed by atoms with Gasteiger partial charge in [0.1, 0.15) is 0 Å². The Bertz CT molecular complexity index is 463. The molecular weight excluding hydrogens is 228 g/mol. The van der Waals surface area contributed by atoms with E-state index in [1.165, 1.54) is 0 Å². The van der Waals surface area contributed by atoms with Crippen molar-refractivity contribution in [2.45, 2.75) is 50.2 Å². The number of carbonyl (C=O) groups is 1. The van der Waals surface area contributed by atoms with E-state index in [-0.39, 0.29) is 6.10 Å². The second-order valence-electron chi connectivity index (χ2n) is 5.31. The summed E-state index contributed by atoms with van der Waals surface area (Å²) < 4.78 is 6.05. The fraction of sp³-hybridized carbons (Fsp3) is 0.533. The topological polar surface area (TPSA) is 46.5 Å². The number of fused-ring (bicyclic) bond motifs is 1. The average molecular weight is 246 g/mol. The Hall–Kier alpha value is -1.35. The number of aliphatic carboxylic acids is 1. The summed E-state index contributed by atoms with van der Waals surface area (Å²) in [4.78, 5) is 11.7. The van der Waals surface area contributed by atoms with Crippen LogP contribution in [0.4, 0.5) is 0 Å². The van der Waals surface area contributed by atoms with Gasteiger partial charge < -0.3 is 9.84 Å². The van der Waals surface area contributed by atoms with E-state index in [9.17, 15) is 9.90 Å². The summed E-state index contributed by atoms with van der Waals surface area (Å²) in [5.41, 5.74) is 0.897. The maximum atomic E-state index is 11.7. The van der Waals surface area contributed by atoms with Crippen molar-refractivity contribution in [3.63, 3.8) is 0 Å². The summed E-state index contributed by atoms with van der Waals surface area (Å²) in [6, 6.07) is 7.79. The summed E-state index contributed by atoms with van der Waals surface area (Å²) in [7, 11) is 0. The van der Waals surface area contributed by atoms with Crippen molar-refractivity contribution in [3.8, 4) is 0 Å². The van der Waals surface area contributed by atoms with E-state index < -0.39 is 11.6 Å². The molecule has 1 N–H and O–H groups in total. The number of ether oxygens (including phenoxy) is 1. The fourth-order valence-corrected chi connectivity index (χ4v) is 3.26. The summed E-state index contributed by atoms with van der Waals surface area (Å²) in [6.45, 7) is 0. The number of carboxylic acids is 1. The van der Waals surface area contributed by atoms with Crippen molar-refractivity contribution in [2.75, 3.05) is 0 Å². The van der Waals surface area contributed by atoms with Crippen LogP contribution in [0.25, 0.3) is 0 Å². The van der Waals surface area contributed by atoms with Crippen LogP contribution in [0.1, 0.15) is 43.2 Å². The minimum absolute atomic E-state index is 0.118. The largest absolute Gasteiger partial charge is 0.479 e. The lowest BCUT2D eigenvalue weighted by atomic mass is 9.95. The Morgan fingerprint density at radius 1 is 1.28 bits per heavy atom. The van der Waals surface area contributed by atoms with Crippen molar-refractivity contribution < 1.29 is 14.6 Å². The Kier molecular flexibility index (Phi) is 2.86. The van der Waals surface area contributed by atoms with Gasteiger partial charge in [-0.2, -0.15) is 0 Å². The summed E-state index contributed by atoms with van der Waals surface area (Å²) >= 11 is 0. The van der Waals surface area contributed by atoms with Crippen LogP contribution in [-0.4, -0.2) is 17.2 Å². The fourth-order valence-electron chi connectivity index (χ4n) is 3.26. The van der Waals surface area contributed by atoms with E-state index in [0.29, 0.717) is 6.42 Å². The van der Waals surface area contributed by atoms with Crippen LogP contribution in [0, 0.1) is 0 Å². The lowest BCUT2D eigenvalue weighted by Crippen LogP contribution is -2.39. The van der Waals surface area contributed by atoms with E-state index in [4.69, 9.17) is 4.74 Å². The highest BCUT2D eigenvalue weighted by Crippen LogP contribution is 2.42. The summed E-state index contributed by atoms with van der Waals surface area (Å²) in [5, 5.41) is 9.65. The highest BCUT2D eigenvalue weighted by atomic mass is 16.5. The second kappa shape index (κ2) is 4.39. The summed E-state index contributed by atoms with van der Waals surface area (Å²) in [6.07, 6.45) is 5.79. The average Bonchev–Trinajstić information content (AvgIpc) is 2.99. The van der Waals surface area contributed by atoms with Gasteiger partial charge in [-0.05, 0) is 36.8 Å². The van der Waals surface area contributed by atoms with Crippen LogP contribution in [0.2, 0.25) is 0 Å². The van der Waals surface area contributed by atoms with Gasteiger partial charge in [0, 0.05) is 0 Å². The highest BCUT2D eigenvalue weighted by Gasteiger charge is 2.48. The van der Waals surface area contributed by atoms with Crippen LogP contribution in [0.15, 0.2) is 24.3 Å². The van der Waals surface area contributed by atoms with Crippen LogP contribution in [0.3, 0.4) is 0 Å². The highest BCUT2D eigenvalue weighted by molar-refractivity contribution is 5.81. The molecule has 0 amide bonds. The molecule has 0 saturated heterocycles. The molecule has 0 spiro atoms. The number of hydrogen-bond acceptors (Lipinski definition) is 2. The van der Waals surface area contributed by atoms with Crippen LogP contribution < -0.4 is 0 Å². The predicted molar refractivity (Wildman–Crippen MR) is 67.4 cm³/mol. The first-order valence-electron chi connectivity index (χ1n) is 6.72. The molecular formula is C15H18O3. The minimum atomic E-state index is -1.09. The number of benzene rings is 1. The predicted octanol–water partition coefficient (Wildman–Crippen LogP) is 2.87. The van der Waals surface area contributed by atoms with Gasteiger partial charge in [0.2, 0.25) is 0 Å². The van der Waals surface area contributed by atoms with E-state index >= 15 is 0 Å². The maximum Gasteiger partial charge on any atom is 0.340 e. The molecule has 0 radical (unpaired) electrons. The van der Waals surface area contributed by atoms with Crippen LogP contribution in [-0.2, 0) is 21.6 Å². The standard InChI is InChI=1S/C15H18O3/c16-14(17)15(18-12-6-2-3-7-12)10-9-11-5-1-4-8-13(11)15/h1,4-5,8,12H,2-3,6-7,9-10H2,(H,16,17). The number of carboxylic acid groups (broad SMARTS) is 1. The third-order valence-corrected chi connectivity index (χ3v) is 4.21. The molecule has 3 rings (SSSR count). The zero-order valence-corrected chi connectivity index (χ0v) is 10.4. The Morgan fingerprint density at radius 2 is 2.00 bits per heavy atom. The number of aryl methyl sites for hydroxylation is 1. The molecule has 0 aliphatic heterocycles. The molecule has 2 aliphatic carbocycles. The third-order valence-electron chi connectivity index (χ3n) is 4.21. The van der Waals surface area contributed by atoms with Gasteiger partial charge in [-0.3, -0.25) is 0 Å². The molecule has 2 aliphatic rings. The lowest BCUT2D eigenvalue weighted by Gasteiger charge is -2.29. The first-order valence-corrected chi connectivity index (χ1v) is 6.72. The first kappa shape index (κ1) is 11.7. The van der Waals surface area contributed by atoms with E-state index in [2.05, 4.69) is 0 Å². The van der Waals surface area contributed by atoms with Gasteiger partial charge in [-0.15, -0.1) is 0 Å². The molecule has 1 saturated carbocycles. The SMILES string of the molecule is O=C(O)C1(OC2CCCC2)CCc2ccccc21. The van der Waals surface area contributed by atoms with Gasteiger partial charge >= 0.3 is 5.97 Å². The first-order chi connectivity index (χ1) is 8.72. The second-order valence-corrected chi connectivity index (χ2v) is 5.31. The van der Waals surface area contributed by atoms with Gasteiger partial charge in [-0.25, -0.2) is 4.79 Å². The monoisotopic (exact) mass is 246 g/mol. The zero-order valence-electron chi connectivity index (χ0n) is 10.4. The van der Waals surface area contributed by atoms with E-state index in [1.54, 1.807) is 0 Å². The molecule has 1 aromatic rings. The summed E-state index contributed by atoms with van der Waals surface area (Å²) in [5.74, 6) is -0.834. The van der Waals surface area contributed by atoms with Gasteiger partial charge in [0.25, 0.3) is 0 Å². The maximum absolute atomic E-state index is 11.7. The van der Waals surface area contributed by atoms with Crippen LogP contribution in [0.5, 0.6) is 0 Å². The molecule has 0 aromatic heterocycles.